The van der Waals surface area contributed by atoms with Gasteiger partial charge in [-0.2, -0.15) is 0 Å². The first kappa shape index (κ1) is 12.4. The molecule has 1 atom stereocenters. The maximum atomic E-state index is 11.1. The van der Waals surface area contributed by atoms with Gasteiger partial charge in [-0.15, -0.1) is 0 Å². The van der Waals surface area contributed by atoms with E-state index >= 15 is 0 Å². The Kier molecular flexibility index (Phi) is 3.53. The molecule has 0 fully saturated rings. The lowest BCUT2D eigenvalue weighted by Crippen LogP contribution is -2.21. The Hall–Kier alpha value is -2.01. The molecule has 2 rings (SSSR count). The van der Waals surface area contributed by atoms with Gasteiger partial charge in [-0.25, -0.2) is 4.79 Å². The quantitative estimate of drug-likeness (QED) is 0.842. The third-order valence-corrected chi connectivity index (χ3v) is 2.48. The molecule has 1 heterocycles. The Bertz CT molecular complexity index is 490. The van der Waals surface area contributed by atoms with Crippen molar-refractivity contribution in [2.24, 2.45) is 0 Å². The van der Waals surface area contributed by atoms with Gasteiger partial charge in [0, 0.05) is 12.0 Å². The van der Waals surface area contributed by atoms with Crippen LogP contribution in [0.3, 0.4) is 0 Å². The van der Waals surface area contributed by atoms with Crippen molar-refractivity contribution in [1.82, 2.24) is 0 Å². The number of benzene rings is 1. The fourth-order valence-corrected chi connectivity index (χ4v) is 1.67. The highest BCUT2D eigenvalue weighted by Crippen LogP contribution is 2.30. The minimum absolute atomic E-state index is 0.0393. The summed E-state index contributed by atoms with van der Waals surface area (Å²) in [5.41, 5.74) is 0.864. The van der Waals surface area contributed by atoms with E-state index in [0.717, 1.165) is 5.56 Å². The number of carboxylic acids is 1. The molecule has 0 radical (unpaired) electrons. The number of aliphatic carboxylic acids is 1. The largest absolute Gasteiger partial charge is 0.491 e. The molecule has 18 heavy (non-hydrogen) atoms. The summed E-state index contributed by atoms with van der Waals surface area (Å²) >= 11 is 0. The van der Waals surface area contributed by atoms with Crippen LogP contribution in [0.2, 0.25) is 0 Å². The van der Waals surface area contributed by atoms with E-state index in [0.29, 0.717) is 12.2 Å². The smallest absolute Gasteiger partial charge is 0.375 e. The van der Waals surface area contributed by atoms with Crippen LogP contribution in [0.5, 0.6) is 5.75 Å². The first-order valence-corrected chi connectivity index (χ1v) is 5.61. The number of aliphatic hydroxyl groups is 1. The number of aliphatic hydroxyl groups excluding tert-OH is 1. The SMILES string of the molecule is CC(O)COC1=C(C(=O)O)Oc2ccccc2C1. The van der Waals surface area contributed by atoms with Crippen LogP contribution in [0.4, 0.5) is 0 Å². The molecule has 5 nitrogen and oxygen atoms in total. The summed E-state index contributed by atoms with van der Waals surface area (Å²) in [5.74, 6) is -0.624. The highest BCUT2D eigenvalue weighted by molar-refractivity contribution is 5.86. The van der Waals surface area contributed by atoms with Gasteiger partial charge in [-0.1, -0.05) is 18.2 Å². The van der Waals surface area contributed by atoms with Gasteiger partial charge in [0.25, 0.3) is 0 Å². The molecule has 1 aliphatic heterocycles. The molecule has 1 aromatic rings. The van der Waals surface area contributed by atoms with E-state index in [9.17, 15) is 4.79 Å². The van der Waals surface area contributed by atoms with Crippen molar-refractivity contribution in [3.63, 3.8) is 0 Å². The summed E-state index contributed by atoms with van der Waals surface area (Å²) in [6, 6.07) is 7.18. The lowest BCUT2D eigenvalue weighted by Gasteiger charge is -2.21. The zero-order chi connectivity index (χ0) is 13.1. The van der Waals surface area contributed by atoms with E-state index in [4.69, 9.17) is 19.7 Å². The number of allylic oxidation sites excluding steroid dienone is 1. The number of ether oxygens (including phenoxy) is 2. The van der Waals surface area contributed by atoms with Gasteiger partial charge in [0.2, 0.25) is 5.76 Å². The average molecular weight is 250 g/mol. The molecule has 0 bridgehead atoms. The molecule has 5 heteroatoms. The molecule has 96 valence electrons. The van der Waals surface area contributed by atoms with Crippen molar-refractivity contribution >= 4 is 5.97 Å². The second-order valence-corrected chi connectivity index (χ2v) is 4.10. The van der Waals surface area contributed by atoms with Crippen molar-refractivity contribution in [2.75, 3.05) is 6.61 Å². The van der Waals surface area contributed by atoms with Crippen LogP contribution in [0.25, 0.3) is 0 Å². The van der Waals surface area contributed by atoms with Crippen molar-refractivity contribution < 1.29 is 24.5 Å². The van der Waals surface area contributed by atoms with Crippen molar-refractivity contribution in [2.45, 2.75) is 19.4 Å². The topological polar surface area (TPSA) is 76.0 Å². The van der Waals surface area contributed by atoms with E-state index in [-0.39, 0.29) is 18.1 Å². The third kappa shape index (κ3) is 2.62. The van der Waals surface area contributed by atoms with Crippen LogP contribution in [-0.2, 0) is 16.0 Å². The molecule has 0 aliphatic carbocycles. The number of hydrogen-bond donors (Lipinski definition) is 2. The fourth-order valence-electron chi connectivity index (χ4n) is 1.67. The van der Waals surface area contributed by atoms with E-state index in [1.54, 1.807) is 19.1 Å². The number of fused-ring (bicyclic) bond motifs is 1. The molecular weight excluding hydrogens is 236 g/mol. The van der Waals surface area contributed by atoms with Crippen LogP contribution >= 0.6 is 0 Å². The second kappa shape index (κ2) is 5.10. The molecule has 0 saturated carbocycles. The Balaban J connectivity index is 2.25. The Morgan fingerprint density at radius 1 is 1.50 bits per heavy atom. The summed E-state index contributed by atoms with van der Waals surface area (Å²) in [7, 11) is 0. The predicted octanol–water partition coefficient (Wildman–Crippen LogP) is 1.32. The Morgan fingerprint density at radius 2 is 2.22 bits per heavy atom. The van der Waals surface area contributed by atoms with Crippen LogP contribution in [-0.4, -0.2) is 28.9 Å². The number of rotatable bonds is 4. The van der Waals surface area contributed by atoms with Gasteiger partial charge in [-0.3, -0.25) is 0 Å². The average Bonchev–Trinajstić information content (AvgIpc) is 2.35. The monoisotopic (exact) mass is 250 g/mol. The number of carboxylic acid groups (broad SMARTS) is 1. The maximum absolute atomic E-state index is 11.1. The molecule has 1 aromatic carbocycles. The molecule has 2 N–H and O–H groups in total. The standard InChI is InChI=1S/C13H14O5/c1-8(14)7-17-11-6-9-4-2-3-5-10(9)18-12(11)13(15)16/h2-5,8,14H,6-7H2,1H3,(H,15,16). The van der Waals surface area contributed by atoms with Crippen molar-refractivity contribution in [1.29, 1.82) is 0 Å². The van der Waals surface area contributed by atoms with Crippen molar-refractivity contribution in [3.05, 3.63) is 41.3 Å². The lowest BCUT2D eigenvalue weighted by molar-refractivity contribution is -0.135. The van der Waals surface area contributed by atoms with Crippen LogP contribution < -0.4 is 4.74 Å². The van der Waals surface area contributed by atoms with Crippen LogP contribution in [0, 0.1) is 0 Å². The van der Waals surface area contributed by atoms with Crippen LogP contribution in [0.1, 0.15) is 12.5 Å². The Labute approximate surface area is 104 Å². The molecule has 0 amide bonds. The van der Waals surface area contributed by atoms with Gasteiger partial charge in [0.1, 0.15) is 12.4 Å². The first-order chi connectivity index (χ1) is 8.58. The second-order valence-electron chi connectivity index (χ2n) is 4.10. The minimum Gasteiger partial charge on any atom is -0.491 e. The number of hydrogen-bond acceptors (Lipinski definition) is 4. The lowest BCUT2D eigenvalue weighted by atomic mass is 10.1. The van der Waals surface area contributed by atoms with Gasteiger partial charge < -0.3 is 19.7 Å². The van der Waals surface area contributed by atoms with Crippen molar-refractivity contribution in [3.8, 4) is 5.75 Å². The minimum atomic E-state index is -1.18. The summed E-state index contributed by atoms with van der Waals surface area (Å²) in [4.78, 5) is 11.1. The van der Waals surface area contributed by atoms with E-state index in [1.807, 2.05) is 12.1 Å². The molecular formula is C13H14O5. The van der Waals surface area contributed by atoms with Gasteiger partial charge in [-0.05, 0) is 13.0 Å². The van der Waals surface area contributed by atoms with E-state index < -0.39 is 12.1 Å². The van der Waals surface area contributed by atoms with E-state index in [1.165, 1.54) is 0 Å². The van der Waals surface area contributed by atoms with Gasteiger partial charge in [0.05, 0.1) is 6.10 Å². The Morgan fingerprint density at radius 3 is 2.89 bits per heavy atom. The molecule has 0 saturated heterocycles. The van der Waals surface area contributed by atoms with Gasteiger partial charge >= 0.3 is 5.97 Å². The molecule has 1 unspecified atom stereocenters. The summed E-state index contributed by atoms with van der Waals surface area (Å²) < 4.78 is 10.6. The summed E-state index contributed by atoms with van der Waals surface area (Å²) in [6.45, 7) is 1.61. The molecule has 1 aliphatic rings. The molecule has 0 aromatic heterocycles. The number of para-hydroxylation sites is 1. The zero-order valence-corrected chi connectivity index (χ0v) is 9.92. The highest BCUT2D eigenvalue weighted by atomic mass is 16.5. The molecule has 0 spiro atoms. The van der Waals surface area contributed by atoms with Gasteiger partial charge in [0.15, 0.2) is 5.76 Å². The predicted molar refractivity (Wildman–Crippen MR) is 63.1 cm³/mol. The van der Waals surface area contributed by atoms with E-state index in [2.05, 4.69) is 0 Å². The first-order valence-electron chi connectivity index (χ1n) is 5.61. The summed E-state index contributed by atoms with van der Waals surface area (Å²) in [5, 5.41) is 18.2. The number of carbonyl (C=O) groups is 1. The zero-order valence-electron chi connectivity index (χ0n) is 9.92. The maximum Gasteiger partial charge on any atom is 0.375 e. The van der Waals surface area contributed by atoms with Crippen LogP contribution in [0.15, 0.2) is 35.8 Å². The fraction of sp³-hybridized carbons (Fsp3) is 0.308. The normalized spacial score (nSPS) is 15.7. The highest BCUT2D eigenvalue weighted by Gasteiger charge is 2.26. The summed E-state index contributed by atoms with van der Waals surface area (Å²) in [6.07, 6.45) is -0.311. The third-order valence-electron chi connectivity index (χ3n) is 2.48.